The zero-order valence-electron chi connectivity index (χ0n) is 20.2. The topological polar surface area (TPSA) is 145 Å². The molecule has 3 N–H and O–H groups in total. The molecule has 0 aromatic carbocycles. The highest BCUT2D eigenvalue weighted by Crippen LogP contribution is 2.61. The lowest BCUT2D eigenvalue weighted by atomic mass is 9.68. The van der Waals surface area contributed by atoms with Crippen LogP contribution in [0.1, 0.15) is 51.0 Å². The molecular formula is C23H30N4O6S3. The first-order chi connectivity index (χ1) is 16.9. The molecule has 3 fully saturated rings. The number of rotatable bonds is 7. The van der Waals surface area contributed by atoms with Gasteiger partial charge in [-0.1, -0.05) is 12.8 Å². The molecule has 0 spiro atoms. The van der Waals surface area contributed by atoms with Gasteiger partial charge < -0.3 is 15.3 Å². The molecule has 2 aliphatic heterocycles. The van der Waals surface area contributed by atoms with E-state index in [9.17, 15) is 26.7 Å². The molecule has 2 bridgehead atoms. The third-order valence-corrected chi connectivity index (χ3v) is 11.9. The van der Waals surface area contributed by atoms with Crippen molar-refractivity contribution >= 4 is 48.1 Å². The van der Waals surface area contributed by atoms with Crippen molar-refractivity contribution in [1.29, 1.82) is 0 Å². The maximum absolute atomic E-state index is 14.0. The maximum Gasteiger partial charge on any atom is 0.287 e. The van der Waals surface area contributed by atoms with E-state index in [0.717, 1.165) is 43.3 Å². The summed E-state index contributed by atoms with van der Waals surface area (Å²) in [5.74, 6) is 0.360. The number of aliphatic hydroxyl groups excluding tert-OH is 1. The van der Waals surface area contributed by atoms with Crippen molar-refractivity contribution in [3.8, 4) is 0 Å². The Morgan fingerprint density at radius 3 is 2.75 bits per heavy atom. The SMILES string of the molecule is C[C@]12C3CCC(C3)[C@H]1C(O)=C(C1=NS(=O)(=O)c3c(CNS(C)(=O)=O)csc3N1)C(=O)N2CCC1CC1. The van der Waals surface area contributed by atoms with Crippen molar-refractivity contribution in [2.45, 2.75) is 62.4 Å². The van der Waals surface area contributed by atoms with Gasteiger partial charge in [-0.25, -0.2) is 13.1 Å². The molecule has 0 saturated heterocycles. The van der Waals surface area contributed by atoms with Gasteiger partial charge in [-0.3, -0.25) is 4.79 Å². The van der Waals surface area contributed by atoms with E-state index < -0.39 is 25.6 Å². The molecule has 1 aromatic rings. The molecule has 5 aliphatic rings. The fourth-order valence-corrected chi connectivity index (χ4v) is 9.88. The summed E-state index contributed by atoms with van der Waals surface area (Å²) < 4.78 is 55.8. The summed E-state index contributed by atoms with van der Waals surface area (Å²) in [5, 5.41) is 16.3. The number of carbonyl (C=O) groups excluding carboxylic acids is 1. The molecule has 3 aliphatic carbocycles. The zero-order valence-corrected chi connectivity index (χ0v) is 22.6. The minimum Gasteiger partial charge on any atom is -0.511 e. The quantitative estimate of drug-likeness (QED) is 0.470. The molecule has 0 radical (unpaired) electrons. The van der Waals surface area contributed by atoms with Crippen LogP contribution in [0.2, 0.25) is 0 Å². The Hall–Kier alpha value is -1.96. The van der Waals surface area contributed by atoms with Gasteiger partial charge in [-0.05, 0) is 55.7 Å². The van der Waals surface area contributed by atoms with Crippen LogP contribution in [-0.2, 0) is 31.4 Å². The van der Waals surface area contributed by atoms with E-state index in [1.54, 1.807) is 5.38 Å². The molecule has 36 heavy (non-hydrogen) atoms. The number of anilines is 1. The van der Waals surface area contributed by atoms with Gasteiger partial charge in [0.2, 0.25) is 10.0 Å². The molecule has 13 heteroatoms. The number of hydrogen-bond donors (Lipinski definition) is 3. The van der Waals surface area contributed by atoms with Crippen LogP contribution in [0, 0.1) is 23.7 Å². The summed E-state index contributed by atoms with van der Waals surface area (Å²) in [6, 6.07) is 0. The van der Waals surface area contributed by atoms with E-state index in [1.807, 2.05) is 4.90 Å². The van der Waals surface area contributed by atoms with E-state index in [4.69, 9.17) is 0 Å². The van der Waals surface area contributed by atoms with Crippen LogP contribution >= 0.6 is 11.3 Å². The molecule has 10 nitrogen and oxygen atoms in total. The molecule has 196 valence electrons. The Kier molecular flexibility index (Phi) is 5.43. The number of thiophene rings is 1. The van der Waals surface area contributed by atoms with Gasteiger partial charge in [0.25, 0.3) is 15.9 Å². The highest BCUT2D eigenvalue weighted by molar-refractivity contribution is 7.91. The Morgan fingerprint density at radius 1 is 1.31 bits per heavy atom. The third kappa shape index (κ3) is 3.72. The Bertz CT molecular complexity index is 1430. The van der Waals surface area contributed by atoms with Gasteiger partial charge >= 0.3 is 0 Å². The zero-order chi connectivity index (χ0) is 25.6. The smallest absolute Gasteiger partial charge is 0.287 e. The lowest BCUT2D eigenvalue weighted by molar-refractivity contribution is -0.140. The molecule has 3 saturated carbocycles. The molecule has 3 heterocycles. The van der Waals surface area contributed by atoms with Gasteiger partial charge in [-0.15, -0.1) is 15.7 Å². The normalized spacial score (nSPS) is 32.8. The Balaban J connectivity index is 1.39. The van der Waals surface area contributed by atoms with Crippen molar-refractivity contribution in [2.75, 3.05) is 18.1 Å². The number of hydrogen-bond acceptors (Lipinski definition) is 8. The van der Waals surface area contributed by atoms with E-state index in [-0.39, 0.29) is 56.9 Å². The summed E-state index contributed by atoms with van der Waals surface area (Å²) in [5.41, 5.74) is -0.260. The van der Waals surface area contributed by atoms with Crippen LogP contribution in [0.25, 0.3) is 0 Å². The van der Waals surface area contributed by atoms with E-state index >= 15 is 0 Å². The number of carbonyl (C=O) groups is 1. The molecule has 6 rings (SSSR count). The lowest BCUT2D eigenvalue weighted by Crippen LogP contribution is -2.62. The van der Waals surface area contributed by atoms with Crippen LogP contribution in [0.5, 0.6) is 0 Å². The minimum atomic E-state index is -4.24. The third-order valence-electron chi connectivity index (χ3n) is 8.73. The van der Waals surface area contributed by atoms with Gasteiger partial charge in [0.05, 0.1) is 11.8 Å². The van der Waals surface area contributed by atoms with Gasteiger partial charge in [0.1, 0.15) is 21.2 Å². The highest BCUT2D eigenvalue weighted by atomic mass is 32.2. The number of nitrogens with one attached hydrogen (secondary N) is 2. The van der Waals surface area contributed by atoms with Crippen LogP contribution in [0.3, 0.4) is 0 Å². The average Bonchev–Trinajstić information content (AvgIpc) is 3.19. The molecule has 2 unspecified atom stereocenters. The summed E-state index contributed by atoms with van der Waals surface area (Å²) in [6.45, 7) is 2.48. The predicted molar refractivity (Wildman–Crippen MR) is 136 cm³/mol. The minimum absolute atomic E-state index is 0.0562. The van der Waals surface area contributed by atoms with Crippen LogP contribution in [0.4, 0.5) is 5.00 Å². The molecule has 4 atom stereocenters. The first-order valence-corrected chi connectivity index (χ1v) is 16.5. The van der Waals surface area contributed by atoms with Crippen LogP contribution < -0.4 is 10.0 Å². The largest absolute Gasteiger partial charge is 0.511 e. The molecule has 1 amide bonds. The number of amidine groups is 1. The van der Waals surface area contributed by atoms with E-state index in [1.165, 1.54) is 12.8 Å². The van der Waals surface area contributed by atoms with Crippen molar-refractivity contribution in [3.63, 3.8) is 0 Å². The number of fused-ring (bicyclic) bond motifs is 6. The van der Waals surface area contributed by atoms with E-state index in [0.29, 0.717) is 18.4 Å². The molecular weight excluding hydrogens is 524 g/mol. The Morgan fingerprint density at radius 2 is 2.06 bits per heavy atom. The predicted octanol–water partition coefficient (Wildman–Crippen LogP) is 2.57. The number of nitrogens with zero attached hydrogens (tertiary/aromatic N) is 2. The summed E-state index contributed by atoms with van der Waals surface area (Å²) in [4.78, 5) is 15.7. The van der Waals surface area contributed by atoms with Crippen LogP contribution in [-0.4, -0.2) is 56.9 Å². The van der Waals surface area contributed by atoms with E-state index in [2.05, 4.69) is 21.4 Å². The first kappa shape index (κ1) is 24.4. The maximum atomic E-state index is 14.0. The fraction of sp³-hybridized carbons (Fsp3) is 0.652. The van der Waals surface area contributed by atoms with Crippen molar-refractivity contribution in [1.82, 2.24) is 9.62 Å². The monoisotopic (exact) mass is 554 g/mol. The second-order valence-corrected chi connectivity index (χ2v) is 15.2. The summed E-state index contributed by atoms with van der Waals surface area (Å²) in [7, 11) is -7.76. The van der Waals surface area contributed by atoms with Gasteiger partial charge in [0, 0.05) is 24.6 Å². The van der Waals surface area contributed by atoms with Crippen molar-refractivity contribution in [2.24, 2.45) is 28.1 Å². The second-order valence-electron chi connectivity index (χ2n) is 11.0. The number of amides is 1. The average molecular weight is 555 g/mol. The van der Waals surface area contributed by atoms with Crippen molar-refractivity contribution in [3.05, 3.63) is 22.3 Å². The van der Waals surface area contributed by atoms with Gasteiger partial charge in [0.15, 0.2) is 5.84 Å². The highest BCUT2D eigenvalue weighted by Gasteiger charge is 2.64. The standard InChI is InChI=1S/C23H30N4O6S3/c1-23-15-6-5-13(9-15)17(23)18(28)16(22(29)27(23)8-7-12-3-4-12)20-25-21-19(36(32,33)26-20)14(11-34-21)10-24-35(2,30)31/h11-13,15,17,24,28H,3-10H2,1-2H3,(H,25,26)/t13?,15?,17-,23-/m0/s1. The van der Waals surface area contributed by atoms with Gasteiger partial charge in [-0.2, -0.15) is 8.42 Å². The fourth-order valence-electron chi connectivity index (χ4n) is 6.86. The summed E-state index contributed by atoms with van der Waals surface area (Å²) in [6.07, 6.45) is 7.22. The van der Waals surface area contributed by atoms with Crippen molar-refractivity contribution < 1.29 is 26.7 Å². The lowest BCUT2D eigenvalue weighted by Gasteiger charge is -2.52. The first-order valence-electron chi connectivity index (χ1n) is 12.3. The molecule has 1 aromatic heterocycles. The second kappa shape index (κ2) is 8.02. The number of sulfonamides is 2. The van der Waals surface area contributed by atoms with Crippen LogP contribution in [0.15, 0.2) is 26.0 Å². The summed E-state index contributed by atoms with van der Waals surface area (Å²) >= 11 is 1.09. The Labute approximate surface area is 215 Å². The number of aliphatic hydroxyl groups is 1.